The average molecular weight is 526 g/mol. The number of aromatic nitrogens is 1. The lowest BCUT2D eigenvalue weighted by Gasteiger charge is -2.26. The van der Waals surface area contributed by atoms with Gasteiger partial charge in [0.2, 0.25) is 5.43 Å². The topological polar surface area (TPSA) is 89.9 Å². The molecule has 9 heteroatoms. The van der Waals surface area contributed by atoms with Crippen molar-refractivity contribution in [2.24, 2.45) is 0 Å². The average Bonchev–Trinajstić information content (AvgIpc) is 2.90. The van der Waals surface area contributed by atoms with E-state index in [2.05, 4.69) is 10.2 Å². The number of halogens is 1. The van der Waals surface area contributed by atoms with Gasteiger partial charge >= 0.3 is 0 Å². The first kappa shape index (κ1) is 27.0. The van der Waals surface area contributed by atoms with Crippen molar-refractivity contribution in [3.63, 3.8) is 0 Å². The van der Waals surface area contributed by atoms with E-state index in [9.17, 15) is 14.4 Å². The maximum absolute atomic E-state index is 13.5. The number of piperidine rings is 1. The van der Waals surface area contributed by atoms with Crippen LogP contribution >= 0.6 is 11.6 Å². The molecule has 2 aromatic carbocycles. The van der Waals surface area contributed by atoms with E-state index in [1.807, 2.05) is 34.9 Å². The van der Waals surface area contributed by atoms with Gasteiger partial charge in [0, 0.05) is 69.3 Å². The number of ether oxygens (including phenoxy) is 2. The molecule has 3 aromatic rings. The van der Waals surface area contributed by atoms with Gasteiger partial charge in [0.25, 0.3) is 5.91 Å². The van der Waals surface area contributed by atoms with E-state index in [0.717, 1.165) is 16.6 Å². The summed E-state index contributed by atoms with van der Waals surface area (Å²) in [6.45, 7) is 4.21. The first-order valence-corrected chi connectivity index (χ1v) is 12.8. The minimum Gasteiger partial charge on any atom is -0.382 e. The molecule has 2 heterocycles. The predicted octanol–water partition coefficient (Wildman–Crippen LogP) is 3.41. The Hall–Kier alpha value is -3.04. The Kier molecular flexibility index (Phi) is 9.46. The number of pyridine rings is 1. The lowest BCUT2D eigenvalue weighted by atomic mass is 10.0. The van der Waals surface area contributed by atoms with Crippen LogP contribution in [0.2, 0.25) is 5.02 Å². The Morgan fingerprint density at radius 2 is 1.73 bits per heavy atom. The van der Waals surface area contributed by atoms with E-state index >= 15 is 0 Å². The van der Waals surface area contributed by atoms with Crippen molar-refractivity contribution >= 4 is 34.2 Å². The molecule has 0 unspecified atom stereocenters. The van der Waals surface area contributed by atoms with Gasteiger partial charge in [-0.15, -0.1) is 0 Å². The predicted molar refractivity (Wildman–Crippen MR) is 143 cm³/mol. The Balaban J connectivity index is 1.59. The molecule has 0 bridgehead atoms. The summed E-state index contributed by atoms with van der Waals surface area (Å²) in [5, 5.41) is 3.96. The van der Waals surface area contributed by atoms with Gasteiger partial charge in [-0.2, -0.15) is 0 Å². The van der Waals surface area contributed by atoms with Crippen LogP contribution in [0, 0.1) is 0 Å². The SMILES string of the molecule is COCCOCCn1cc(C(=O)NCc2ccc(Cl)cc2)c(=O)c2cc(CN3CCC(=O)CC3)ccc21. The molecule has 196 valence electrons. The molecule has 4 rings (SSSR count). The summed E-state index contributed by atoms with van der Waals surface area (Å²) in [6, 6.07) is 13.0. The molecule has 37 heavy (non-hydrogen) atoms. The van der Waals surface area contributed by atoms with Crippen molar-refractivity contribution in [3.05, 3.63) is 80.6 Å². The standard InChI is InChI=1S/C28H32ClN3O5/c1-36-14-15-37-13-12-32-19-25(28(35)30-17-20-2-5-22(29)6-3-20)27(34)24-16-21(4-7-26(24)32)18-31-10-8-23(33)9-11-31/h2-7,16,19H,8-15,17-18H2,1H3,(H,30,35). The van der Waals surface area contributed by atoms with E-state index in [-0.39, 0.29) is 17.5 Å². The largest absolute Gasteiger partial charge is 0.382 e. The van der Waals surface area contributed by atoms with Gasteiger partial charge < -0.3 is 19.4 Å². The molecule has 1 N–H and O–H groups in total. The minimum absolute atomic E-state index is 0.0825. The van der Waals surface area contributed by atoms with Crippen LogP contribution in [0.1, 0.15) is 34.3 Å². The molecule has 0 radical (unpaired) electrons. The molecule has 0 saturated carbocycles. The molecule has 1 saturated heterocycles. The zero-order valence-electron chi connectivity index (χ0n) is 21.0. The van der Waals surface area contributed by atoms with Crippen molar-refractivity contribution in [2.45, 2.75) is 32.5 Å². The monoisotopic (exact) mass is 525 g/mol. The van der Waals surface area contributed by atoms with E-state index in [1.165, 1.54) is 0 Å². The number of likely N-dealkylation sites (tertiary alicyclic amines) is 1. The summed E-state index contributed by atoms with van der Waals surface area (Å²) in [5.74, 6) is -0.143. The zero-order chi connectivity index (χ0) is 26.2. The Labute approximate surface area is 221 Å². The van der Waals surface area contributed by atoms with E-state index in [4.69, 9.17) is 21.1 Å². The van der Waals surface area contributed by atoms with Crippen LogP contribution in [0.5, 0.6) is 0 Å². The van der Waals surface area contributed by atoms with Gasteiger partial charge in [0.1, 0.15) is 11.3 Å². The number of fused-ring (bicyclic) bond motifs is 1. The highest BCUT2D eigenvalue weighted by atomic mass is 35.5. The molecule has 1 aliphatic rings. The number of methoxy groups -OCH3 is 1. The van der Waals surface area contributed by atoms with Gasteiger partial charge in [0.05, 0.1) is 25.3 Å². The number of hydrogen-bond acceptors (Lipinski definition) is 6. The molecular weight excluding hydrogens is 494 g/mol. The van der Waals surface area contributed by atoms with E-state index in [0.29, 0.717) is 75.0 Å². The third-order valence-electron chi connectivity index (χ3n) is 6.48. The molecule has 1 fully saturated rings. The highest BCUT2D eigenvalue weighted by Crippen LogP contribution is 2.18. The summed E-state index contributed by atoms with van der Waals surface area (Å²) in [5.41, 5.74) is 2.37. The number of carbonyl (C=O) groups excluding carboxylic acids is 2. The number of nitrogens with one attached hydrogen (secondary N) is 1. The van der Waals surface area contributed by atoms with Crippen molar-refractivity contribution in [1.29, 1.82) is 0 Å². The number of rotatable bonds is 11. The van der Waals surface area contributed by atoms with Crippen LogP contribution in [-0.2, 0) is 33.9 Å². The fourth-order valence-corrected chi connectivity index (χ4v) is 4.52. The Bertz CT molecular complexity index is 1300. The number of amides is 1. The third kappa shape index (κ3) is 7.26. The lowest BCUT2D eigenvalue weighted by Crippen LogP contribution is -2.33. The summed E-state index contributed by atoms with van der Waals surface area (Å²) in [4.78, 5) is 40.4. The Morgan fingerprint density at radius 3 is 2.46 bits per heavy atom. The van der Waals surface area contributed by atoms with Crippen molar-refractivity contribution in [3.8, 4) is 0 Å². The first-order valence-electron chi connectivity index (χ1n) is 12.4. The molecule has 0 aliphatic carbocycles. The molecule has 0 atom stereocenters. The lowest BCUT2D eigenvalue weighted by molar-refractivity contribution is -0.121. The van der Waals surface area contributed by atoms with Crippen LogP contribution in [0.3, 0.4) is 0 Å². The van der Waals surface area contributed by atoms with Gasteiger partial charge in [-0.3, -0.25) is 19.3 Å². The number of ketones is 1. The number of hydrogen-bond donors (Lipinski definition) is 1. The normalized spacial score (nSPS) is 14.3. The third-order valence-corrected chi connectivity index (χ3v) is 6.74. The van der Waals surface area contributed by atoms with Crippen molar-refractivity contribution in [2.75, 3.05) is 40.0 Å². The molecule has 8 nitrogen and oxygen atoms in total. The summed E-state index contributed by atoms with van der Waals surface area (Å²) < 4.78 is 12.6. The van der Waals surface area contributed by atoms with Gasteiger partial charge in [-0.25, -0.2) is 0 Å². The second-order valence-corrected chi connectivity index (χ2v) is 9.58. The highest BCUT2D eigenvalue weighted by Gasteiger charge is 2.19. The number of nitrogens with zero attached hydrogens (tertiary/aromatic N) is 2. The van der Waals surface area contributed by atoms with Gasteiger partial charge in [-0.1, -0.05) is 29.8 Å². The number of benzene rings is 2. The second-order valence-electron chi connectivity index (χ2n) is 9.15. The maximum Gasteiger partial charge on any atom is 0.257 e. The van der Waals surface area contributed by atoms with Crippen molar-refractivity contribution in [1.82, 2.24) is 14.8 Å². The molecule has 1 amide bonds. The maximum atomic E-state index is 13.5. The van der Waals surface area contributed by atoms with Crippen LogP contribution in [0.4, 0.5) is 0 Å². The molecule has 1 aromatic heterocycles. The summed E-state index contributed by atoms with van der Waals surface area (Å²) >= 11 is 5.95. The minimum atomic E-state index is -0.434. The van der Waals surface area contributed by atoms with Crippen LogP contribution in [0.25, 0.3) is 10.9 Å². The highest BCUT2D eigenvalue weighted by molar-refractivity contribution is 6.30. The zero-order valence-corrected chi connectivity index (χ0v) is 21.8. The van der Waals surface area contributed by atoms with Crippen LogP contribution < -0.4 is 10.7 Å². The quantitative estimate of drug-likeness (QED) is 0.386. The molecule has 0 spiro atoms. The van der Waals surface area contributed by atoms with E-state index in [1.54, 1.807) is 25.4 Å². The summed E-state index contributed by atoms with van der Waals surface area (Å²) in [7, 11) is 1.62. The fourth-order valence-electron chi connectivity index (χ4n) is 4.40. The van der Waals surface area contributed by atoms with E-state index < -0.39 is 5.91 Å². The number of carbonyl (C=O) groups is 2. The van der Waals surface area contributed by atoms with Crippen LogP contribution in [0.15, 0.2) is 53.5 Å². The summed E-state index contributed by atoms with van der Waals surface area (Å²) in [6.07, 6.45) is 2.72. The number of Topliss-reactive ketones (excluding diaryl/α,β-unsaturated/α-hetero) is 1. The van der Waals surface area contributed by atoms with Crippen molar-refractivity contribution < 1.29 is 19.1 Å². The molecule has 1 aliphatic heterocycles. The fraction of sp³-hybridized carbons (Fsp3) is 0.393. The van der Waals surface area contributed by atoms with Gasteiger partial charge in [-0.05, 0) is 35.4 Å². The Morgan fingerprint density at radius 1 is 1.00 bits per heavy atom. The molecular formula is C28H32ClN3O5. The smallest absolute Gasteiger partial charge is 0.257 e. The first-order chi connectivity index (χ1) is 17.9. The second kappa shape index (κ2) is 13.0. The van der Waals surface area contributed by atoms with Crippen LogP contribution in [-0.4, -0.2) is 61.2 Å². The van der Waals surface area contributed by atoms with Gasteiger partial charge in [0.15, 0.2) is 0 Å².